The van der Waals surface area contributed by atoms with Crippen LogP contribution in [-0.4, -0.2) is 22.2 Å². The lowest BCUT2D eigenvalue weighted by Gasteiger charge is -2.18. The molecule has 1 nitrogen and oxygen atoms in total. The van der Waals surface area contributed by atoms with Gasteiger partial charge < -0.3 is 5.11 Å². The second-order valence-corrected chi connectivity index (χ2v) is 4.96. The molecule has 1 N–H and O–H groups in total. The number of fused-ring (bicyclic) bond motifs is 1. The van der Waals surface area contributed by atoms with Crippen LogP contribution in [0.25, 0.3) is 0 Å². The number of aliphatic hydroxyl groups is 1. The molecule has 1 saturated heterocycles. The Morgan fingerprint density at radius 2 is 2.18 bits per heavy atom. The van der Waals surface area contributed by atoms with Gasteiger partial charge in [0.1, 0.15) is 0 Å². The number of allylic oxidation sites excluding steroid dienone is 2. The lowest BCUT2D eigenvalue weighted by atomic mass is 9.90. The minimum absolute atomic E-state index is 0.373. The molecule has 1 aliphatic carbocycles. The zero-order chi connectivity index (χ0) is 7.68. The summed E-state index contributed by atoms with van der Waals surface area (Å²) in [6.45, 7) is 0.373. The van der Waals surface area contributed by atoms with Crippen molar-refractivity contribution in [2.75, 3.05) is 6.61 Å². The van der Waals surface area contributed by atoms with Crippen LogP contribution in [0.4, 0.5) is 0 Å². The molecule has 0 amide bonds. The standard InChI is InChI=1S/C9H14OS/c10-6-8-5-7-3-1-2-4-9(7)11-8/h1-2,7-10H,3-6H2. The average Bonchev–Trinajstić information content (AvgIpc) is 2.46. The van der Waals surface area contributed by atoms with Crippen molar-refractivity contribution in [1.29, 1.82) is 0 Å². The monoisotopic (exact) mass is 170 g/mol. The Morgan fingerprint density at radius 3 is 2.91 bits per heavy atom. The maximum Gasteiger partial charge on any atom is 0.0550 e. The molecule has 0 bridgehead atoms. The zero-order valence-corrected chi connectivity index (χ0v) is 7.39. The van der Waals surface area contributed by atoms with Crippen LogP contribution in [0, 0.1) is 5.92 Å². The van der Waals surface area contributed by atoms with Gasteiger partial charge in [-0.25, -0.2) is 0 Å². The van der Waals surface area contributed by atoms with Gasteiger partial charge in [0, 0.05) is 10.5 Å². The van der Waals surface area contributed by atoms with Gasteiger partial charge in [-0.3, -0.25) is 0 Å². The van der Waals surface area contributed by atoms with Crippen molar-refractivity contribution in [2.24, 2.45) is 5.92 Å². The molecule has 2 aliphatic rings. The molecule has 2 rings (SSSR count). The lowest BCUT2D eigenvalue weighted by molar-refractivity contribution is 0.284. The Bertz CT molecular complexity index is 151. The zero-order valence-electron chi connectivity index (χ0n) is 6.57. The Balaban J connectivity index is 1.98. The van der Waals surface area contributed by atoms with E-state index in [0.29, 0.717) is 11.9 Å². The van der Waals surface area contributed by atoms with Crippen molar-refractivity contribution < 1.29 is 5.11 Å². The second kappa shape index (κ2) is 3.20. The molecular weight excluding hydrogens is 156 g/mol. The molecule has 62 valence electrons. The van der Waals surface area contributed by atoms with Gasteiger partial charge >= 0.3 is 0 Å². The van der Waals surface area contributed by atoms with Crippen molar-refractivity contribution in [2.45, 2.75) is 29.8 Å². The van der Waals surface area contributed by atoms with Crippen LogP contribution in [0.3, 0.4) is 0 Å². The van der Waals surface area contributed by atoms with E-state index in [9.17, 15) is 0 Å². The molecule has 3 atom stereocenters. The van der Waals surface area contributed by atoms with E-state index in [-0.39, 0.29) is 0 Å². The maximum absolute atomic E-state index is 8.97. The normalized spacial score (nSPS) is 42.5. The highest BCUT2D eigenvalue weighted by molar-refractivity contribution is 8.00. The predicted octanol–water partition coefficient (Wildman–Crippen LogP) is 1.82. The summed E-state index contributed by atoms with van der Waals surface area (Å²) < 4.78 is 0. The molecule has 11 heavy (non-hydrogen) atoms. The van der Waals surface area contributed by atoms with Gasteiger partial charge in [-0.05, 0) is 25.2 Å². The topological polar surface area (TPSA) is 20.2 Å². The molecule has 0 aromatic rings. The van der Waals surface area contributed by atoms with Crippen LogP contribution in [0.1, 0.15) is 19.3 Å². The number of thioether (sulfide) groups is 1. The van der Waals surface area contributed by atoms with Crippen LogP contribution in [0.5, 0.6) is 0 Å². The minimum atomic E-state index is 0.373. The number of hydrogen-bond acceptors (Lipinski definition) is 2. The Kier molecular flexibility index (Phi) is 2.23. The Morgan fingerprint density at radius 1 is 1.36 bits per heavy atom. The molecule has 0 radical (unpaired) electrons. The van der Waals surface area contributed by atoms with E-state index in [0.717, 1.165) is 11.2 Å². The molecule has 1 fully saturated rings. The molecule has 0 saturated carbocycles. The molecule has 2 heteroatoms. The third-order valence-electron chi connectivity index (χ3n) is 2.64. The summed E-state index contributed by atoms with van der Waals surface area (Å²) in [7, 11) is 0. The lowest BCUT2D eigenvalue weighted by Crippen LogP contribution is -2.12. The van der Waals surface area contributed by atoms with E-state index < -0.39 is 0 Å². The van der Waals surface area contributed by atoms with E-state index >= 15 is 0 Å². The highest BCUT2D eigenvalue weighted by Crippen LogP contribution is 2.43. The summed E-state index contributed by atoms with van der Waals surface area (Å²) in [4.78, 5) is 0. The number of hydrogen-bond donors (Lipinski definition) is 1. The highest BCUT2D eigenvalue weighted by Gasteiger charge is 2.34. The van der Waals surface area contributed by atoms with E-state index in [1.165, 1.54) is 19.3 Å². The number of aliphatic hydroxyl groups excluding tert-OH is 1. The van der Waals surface area contributed by atoms with Gasteiger partial charge in [0.2, 0.25) is 0 Å². The van der Waals surface area contributed by atoms with Crippen LogP contribution in [0.15, 0.2) is 12.2 Å². The molecule has 0 aromatic heterocycles. The van der Waals surface area contributed by atoms with Crippen molar-refractivity contribution >= 4 is 11.8 Å². The van der Waals surface area contributed by atoms with Crippen LogP contribution < -0.4 is 0 Å². The van der Waals surface area contributed by atoms with Gasteiger partial charge in [0.05, 0.1) is 6.61 Å². The largest absolute Gasteiger partial charge is 0.395 e. The van der Waals surface area contributed by atoms with Crippen molar-refractivity contribution in [3.63, 3.8) is 0 Å². The van der Waals surface area contributed by atoms with Gasteiger partial charge in [0.15, 0.2) is 0 Å². The first-order valence-electron chi connectivity index (χ1n) is 4.31. The second-order valence-electron chi connectivity index (χ2n) is 3.42. The van der Waals surface area contributed by atoms with Crippen molar-refractivity contribution in [3.8, 4) is 0 Å². The Labute approximate surface area is 71.9 Å². The van der Waals surface area contributed by atoms with Crippen LogP contribution in [0.2, 0.25) is 0 Å². The molecule has 1 heterocycles. The highest BCUT2D eigenvalue weighted by atomic mass is 32.2. The summed E-state index contributed by atoms with van der Waals surface area (Å²) in [5.41, 5.74) is 0. The fourth-order valence-corrected chi connectivity index (χ4v) is 3.62. The van der Waals surface area contributed by atoms with Crippen molar-refractivity contribution in [3.05, 3.63) is 12.2 Å². The quantitative estimate of drug-likeness (QED) is 0.606. The molecule has 3 unspecified atom stereocenters. The van der Waals surface area contributed by atoms with Crippen LogP contribution in [-0.2, 0) is 0 Å². The van der Waals surface area contributed by atoms with Gasteiger partial charge in [-0.1, -0.05) is 12.2 Å². The summed E-state index contributed by atoms with van der Waals surface area (Å²) >= 11 is 1.99. The molecule has 0 spiro atoms. The first kappa shape index (κ1) is 7.69. The first-order valence-corrected chi connectivity index (χ1v) is 5.25. The third-order valence-corrected chi connectivity index (χ3v) is 4.29. The van der Waals surface area contributed by atoms with E-state index in [1.807, 2.05) is 11.8 Å². The van der Waals surface area contributed by atoms with E-state index in [1.54, 1.807) is 0 Å². The SMILES string of the molecule is OCC1CC2CC=CCC2S1. The Hall–Kier alpha value is 0.0500. The summed E-state index contributed by atoms with van der Waals surface area (Å²) in [6, 6.07) is 0. The molecule has 0 aromatic carbocycles. The summed E-state index contributed by atoms with van der Waals surface area (Å²) in [6.07, 6.45) is 8.28. The first-order chi connectivity index (χ1) is 5.40. The van der Waals surface area contributed by atoms with Gasteiger partial charge in [-0.15, -0.1) is 0 Å². The van der Waals surface area contributed by atoms with Gasteiger partial charge in [0.25, 0.3) is 0 Å². The fraction of sp³-hybridized carbons (Fsp3) is 0.778. The summed E-state index contributed by atoms with van der Waals surface area (Å²) in [5.74, 6) is 0.863. The molecule has 1 aliphatic heterocycles. The van der Waals surface area contributed by atoms with E-state index in [4.69, 9.17) is 5.11 Å². The smallest absolute Gasteiger partial charge is 0.0550 e. The van der Waals surface area contributed by atoms with Gasteiger partial charge in [-0.2, -0.15) is 11.8 Å². The van der Waals surface area contributed by atoms with Crippen molar-refractivity contribution in [1.82, 2.24) is 0 Å². The number of rotatable bonds is 1. The minimum Gasteiger partial charge on any atom is -0.395 e. The predicted molar refractivity (Wildman–Crippen MR) is 48.7 cm³/mol. The van der Waals surface area contributed by atoms with E-state index in [2.05, 4.69) is 12.2 Å². The summed E-state index contributed by atoms with van der Waals surface area (Å²) in [5, 5.41) is 10.3. The van der Waals surface area contributed by atoms with Crippen LogP contribution >= 0.6 is 11.8 Å². The molecular formula is C9H14OS. The average molecular weight is 170 g/mol. The fourth-order valence-electron chi connectivity index (χ4n) is 2.02. The third kappa shape index (κ3) is 1.47. The maximum atomic E-state index is 8.97.